The van der Waals surface area contributed by atoms with Crippen molar-refractivity contribution >= 4 is 22.5 Å². The average Bonchev–Trinajstić information content (AvgIpc) is 2.90. The zero-order chi connectivity index (χ0) is 14.1. The summed E-state index contributed by atoms with van der Waals surface area (Å²) in [6.07, 6.45) is 1.24. The molecular formula is C11H9N7O2. The third-order valence-electron chi connectivity index (χ3n) is 2.77. The summed E-state index contributed by atoms with van der Waals surface area (Å²) in [4.78, 5) is 18.5. The summed E-state index contributed by atoms with van der Waals surface area (Å²) in [5.41, 5.74) is 1.02. The molecule has 0 unspecified atom stereocenters. The molecule has 0 aliphatic rings. The molecule has 9 nitrogen and oxygen atoms in total. The summed E-state index contributed by atoms with van der Waals surface area (Å²) in [6, 6.07) is 7.15. The average molecular weight is 271 g/mol. The Balaban J connectivity index is 2.32. The number of aromatic nitrogens is 5. The van der Waals surface area contributed by atoms with Gasteiger partial charge >= 0.3 is 5.69 Å². The predicted octanol–water partition coefficient (Wildman–Crippen LogP) is 1.16. The van der Waals surface area contributed by atoms with Gasteiger partial charge in [0.05, 0.1) is 10.4 Å². The molecule has 1 aromatic carbocycles. The van der Waals surface area contributed by atoms with Crippen molar-refractivity contribution in [3.63, 3.8) is 0 Å². The summed E-state index contributed by atoms with van der Waals surface area (Å²) >= 11 is 0. The van der Waals surface area contributed by atoms with Crippen LogP contribution in [0, 0.1) is 10.1 Å². The van der Waals surface area contributed by atoms with E-state index in [4.69, 9.17) is 0 Å². The molecule has 9 heteroatoms. The van der Waals surface area contributed by atoms with Crippen molar-refractivity contribution in [2.24, 2.45) is 0 Å². The Kier molecular flexibility index (Phi) is 2.71. The van der Waals surface area contributed by atoms with Crippen molar-refractivity contribution in [2.45, 2.75) is 0 Å². The highest BCUT2D eigenvalue weighted by Crippen LogP contribution is 2.28. The first-order chi connectivity index (χ1) is 9.72. The molecule has 0 aliphatic heterocycles. The number of benzene rings is 1. The van der Waals surface area contributed by atoms with E-state index in [0.717, 1.165) is 0 Å². The lowest BCUT2D eigenvalue weighted by atomic mass is 10.3. The highest BCUT2D eigenvalue weighted by Gasteiger charge is 2.25. The van der Waals surface area contributed by atoms with Gasteiger partial charge in [-0.05, 0) is 12.1 Å². The number of fused-ring (bicyclic) bond motifs is 1. The molecule has 0 fully saturated rings. The summed E-state index contributed by atoms with van der Waals surface area (Å²) in [6.45, 7) is 0. The van der Waals surface area contributed by atoms with Crippen LogP contribution in [-0.4, -0.2) is 36.9 Å². The molecule has 3 rings (SSSR count). The molecule has 2 heterocycles. The van der Waals surface area contributed by atoms with Gasteiger partial charge in [-0.2, -0.15) is 4.68 Å². The highest BCUT2D eigenvalue weighted by molar-refractivity contribution is 5.77. The molecule has 0 atom stereocenters. The number of nitro groups is 1. The fourth-order valence-electron chi connectivity index (χ4n) is 1.90. The molecule has 20 heavy (non-hydrogen) atoms. The minimum absolute atomic E-state index is 0.0723. The number of hydrogen-bond donors (Lipinski definition) is 1. The molecule has 100 valence electrons. The van der Waals surface area contributed by atoms with Crippen molar-refractivity contribution in [1.82, 2.24) is 25.0 Å². The fraction of sp³-hybridized carbons (Fsp3) is 0.0909. The Morgan fingerprint density at radius 3 is 2.85 bits per heavy atom. The number of rotatable bonds is 3. The van der Waals surface area contributed by atoms with Gasteiger partial charge in [0.15, 0.2) is 0 Å². The minimum Gasteiger partial charge on any atom is -0.367 e. The number of hydrogen-bond acceptors (Lipinski definition) is 7. The highest BCUT2D eigenvalue weighted by atomic mass is 16.6. The maximum absolute atomic E-state index is 11.3. The Hall–Kier alpha value is -3.10. The summed E-state index contributed by atoms with van der Waals surface area (Å²) in [5.74, 6) is 0.197. The van der Waals surface area contributed by atoms with E-state index in [1.54, 1.807) is 25.2 Å². The quantitative estimate of drug-likeness (QED) is 0.561. The van der Waals surface area contributed by atoms with Crippen LogP contribution in [0.2, 0.25) is 0 Å². The van der Waals surface area contributed by atoms with Crippen LogP contribution in [0.25, 0.3) is 16.9 Å². The first-order valence-electron chi connectivity index (χ1n) is 5.70. The van der Waals surface area contributed by atoms with Crippen LogP contribution in [0.4, 0.5) is 11.5 Å². The largest absolute Gasteiger partial charge is 0.367 e. The van der Waals surface area contributed by atoms with Crippen LogP contribution in [0.15, 0.2) is 30.6 Å². The van der Waals surface area contributed by atoms with Gasteiger partial charge in [0.2, 0.25) is 11.6 Å². The first-order valence-corrected chi connectivity index (χ1v) is 5.70. The Morgan fingerprint density at radius 1 is 1.30 bits per heavy atom. The normalized spacial score (nSPS) is 10.7. The molecule has 0 saturated heterocycles. The summed E-state index contributed by atoms with van der Waals surface area (Å²) < 4.78 is 1.33. The van der Waals surface area contributed by atoms with E-state index in [9.17, 15) is 10.1 Å². The van der Waals surface area contributed by atoms with E-state index in [1.165, 1.54) is 11.0 Å². The van der Waals surface area contributed by atoms with Crippen LogP contribution < -0.4 is 5.32 Å². The van der Waals surface area contributed by atoms with Gasteiger partial charge in [-0.1, -0.05) is 17.3 Å². The van der Waals surface area contributed by atoms with E-state index in [2.05, 4.69) is 25.6 Å². The fourth-order valence-corrected chi connectivity index (χ4v) is 1.90. The number of anilines is 1. The maximum Gasteiger partial charge on any atom is 0.355 e. The lowest BCUT2D eigenvalue weighted by Gasteiger charge is -2.05. The summed E-state index contributed by atoms with van der Waals surface area (Å²) in [7, 11) is 1.55. The molecule has 0 aliphatic carbocycles. The van der Waals surface area contributed by atoms with Gasteiger partial charge < -0.3 is 5.32 Å². The standard InChI is InChI=1S/C11H9N7O2/c1-12-10-9(18(19)20)11(14-6-13-10)17-8-5-3-2-4-7(8)15-16-17/h2-6H,1H3,(H,12,13,14). The molecule has 0 spiro atoms. The molecule has 1 N–H and O–H groups in total. The zero-order valence-electron chi connectivity index (χ0n) is 10.4. The summed E-state index contributed by atoms with van der Waals surface area (Å²) in [5, 5.41) is 21.8. The zero-order valence-corrected chi connectivity index (χ0v) is 10.4. The van der Waals surface area contributed by atoms with Gasteiger partial charge in [-0.15, -0.1) is 5.10 Å². The van der Waals surface area contributed by atoms with Crippen LogP contribution in [0.5, 0.6) is 0 Å². The van der Waals surface area contributed by atoms with Crippen LogP contribution >= 0.6 is 0 Å². The second-order valence-corrected chi connectivity index (χ2v) is 3.89. The van der Waals surface area contributed by atoms with Crippen LogP contribution in [-0.2, 0) is 0 Å². The van der Waals surface area contributed by atoms with Crippen molar-refractivity contribution in [3.8, 4) is 5.82 Å². The van der Waals surface area contributed by atoms with Crippen molar-refractivity contribution in [2.75, 3.05) is 12.4 Å². The predicted molar refractivity (Wildman–Crippen MR) is 70.7 cm³/mol. The SMILES string of the molecule is CNc1ncnc(-n2nnc3ccccc32)c1[N+](=O)[O-]. The Morgan fingerprint density at radius 2 is 2.10 bits per heavy atom. The maximum atomic E-state index is 11.3. The second-order valence-electron chi connectivity index (χ2n) is 3.89. The van der Waals surface area contributed by atoms with Gasteiger partial charge in [-0.3, -0.25) is 10.1 Å². The van der Waals surface area contributed by atoms with Gasteiger partial charge in [0.1, 0.15) is 11.8 Å². The number of nitrogens with one attached hydrogen (secondary N) is 1. The third kappa shape index (κ3) is 1.72. The van der Waals surface area contributed by atoms with E-state index in [0.29, 0.717) is 11.0 Å². The molecule has 0 radical (unpaired) electrons. The van der Waals surface area contributed by atoms with Crippen LogP contribution in [0.1, 0.15) is 0 Å². The van der Waals surface area contributed by atoms with E-state index >= 15 is 0 Å². The Bertz CT molecular complexity index is 798. The molecule has 0 amide bonds. The molecule has 0 saturated carbocycles. The molecule has 3 aromatic rings. The second kappa shape index (κ2) is 4.53. The lowest BCUT2D eigenvalue weighted by Crippen LogP contribution is -2.08. The van der Waals surface area contributed by atoms with E-state index in [-0.39, 0.29) is 17.3 Å². The Labute approximate surface area is 112 Å². The van der Waals surface area contributed by atoms with Crippen molar-refractivity contribution in [3.05, 3.63) is 40.7 Å². The lowest BCUT2D eigenvalue weighted by molar-refractivity contribution is -0.384. The van der Waals surface area contributed by atoms with E-state index in [1.807, 2.05) is 6.07 Å². The van der Waals surface area contributed by atoms with Gasteiger partial charge in [0.25, 0.3) is 0 Å². The third-order valence-corrected chi connectivity index (χ3v) is 2.77. The van der Waals surface area contributed by atoms with Crippen molar-refractivity contribution < 1.29 is 4.92 Å². The minimum atomic E-state index is -0.544. The first kappa shape index (κ1) is 12.0. The topological polar surface area (TPSA) is 112 Å². The van der Waals surface area contributed by atoms with Crippen LogP contribution in [0.3, 0.4) is 0 Å². The van der Waals surface area contributed by atoms with Gasteiger partial charge in [-0.25, -0.2) is 9.97 Å². The smallest absolute Gasteiger partial charge is 0.355 e. The number of para-hydroxylation sites is 1. The molecule has 2 aromatic heterocycles. The van der Waals surface area contributed by atoms with Crippen molar-refractivity contribution in [1.29, 1.82) is 0 Å². The monoisotopic (exact) mass is 271 g/mol. The van der Waals surface area contributed by atoms with E-state index < -0.39 is 4.92 Å². The molecular weight excluding hydrogens is 262 g/mol. The number of nitrogens with zero attached hydrogens (tertiary/aromatic N) is 6. The molecule has 0 bridgehead atoms. The van der Waals surface area contributed by atoms with Gasteiger partial charge in [0, 0.05) is 7.05 Å².